The van der Waals surface area contributed by atoms with Crippen LogP contribution in [-0.4, -0.2) is 15.2 Å². The van der Waals surface area contributed by atoms with Crippen molar-refractivity contribution >= 4 is 17.1 Å². The summed E-state index contributed by atoms with van der Waals surface area (Å²) in [6.45, 7) is 0.818. The zero-order valence-electron chi connectivity index (χ0n) is 15.7. The van der Waals surface area contributed by atoms with Crippen molar-refractivity contribution in [2.24, 2.45) is 12.0 Å². The molecule has 0 aliphatic carbocycles. The molecule has 4 aromatic rings. The molecule has 0 bridgehead atoms. The minimum Gasteiger partial charge on any atom is -0.443 e. The molecule has 0 saturated heterocycles. The van der Waals surface area contributed by atoms with E-state index >= 15 is 0 Å². The van der Waals surface area contributed by atoms with Gasteiger partial charge >= 0.3 is 6.09 Å². The van der Waals surface area contributed by atoms with Gasteiger partial charge in [0.15, 0.2) is 0 Å². The lowest BCUT2D eigenvalue weighted by atomic mass is 10.2. The number of amides is 1. The van der Waals surface area contributed by atoms with Crippen LogP contribution in [0.25, 0.3) is 11.0 Å². The SMILES string of the molecule is Cn1/c(=N/C(=O)OCc2ccccc2)n(Cc2ccccc2)c2ccccc21. The number of carbonyl (C=O) groups is 1. The molecule has 0 aliphatic heterocycles. The molecule has 1 aromatic heterocycles. The van der Waals surface area contributed by atoms with Gasteiger partial charge in [-0.3, -0.25) is 0 Å². The first-order valence-corrected chi connectivity index (χ1v) is 9.16. The number of aromatic nitrogens is 2. The Morgan fingerprint density at radius 2 is 1.39 bits per heavy atom. The fraction of sp³-hybridized carbons (Fsp3) is 0.130. The summed E-state index contributed by atoms with van der Waals surface area (Å²) in [7, 11) is 1.91. The predicted molar refractivity (Wildman–Crippen MR) is 109 cm³/mol. The van der Waals surface area contributed by atoms with Gasteiger partial charge in [0.1, 0.15) is 6.61 Å². The molecule has 140 valence electrons. The molecular weight excluding hydrogens is 350 g/mol. The molecule has 5 nitrogen and oxygen atoms in total. The van der Waals surface area contributed by atoms with E-state index in [1.165, 1.54) is 0 Å². The molecular formula is C23H21N3O2. The third-order valence-electron chi connectivity index (χ3n) is 4.66. The van der Waals surface area contributed by atoms with Crippen molar-refractivity contribution in [1.82, 2.24) is 9.13 Å². The van der Waals surface area contributed by atoms with Gasteiger partial charge in [-0.1, -0.05) is 72.8 Å². The summed E-state index contributed by atoms with van der Waals surface area (Å²) in [4.78, 5) is 16.7. The third kappa shape index (κ3) is 3.74. The van der Waals surface area contributed by atoms with Crippen LogP contribution in [0.3, 0.4) is 0 Å². The van der Waals surface area contributed by atoms with Crippen molar-refractivity contribution in [1.29, 1.82) is 0 Å². The topological polar surface area (TPSA) is 48.5 Å². The smallest absolute Gasteiger partial charge is 0.437 e. The Hall–Kier alpha value is -3.60. The van der Waals surface area contributed by atoms with Gasteiger partial charge in [-0.05, 0) is 23.3 Å². The number of fused-ring (bicyclic) bond motifs is 1. The number of hydrogen-bond acceptors (Lipinski definition) is 2. The van der Waals surface area contributed by atoms with Crippen LogP contribution in [0.4, 0.5) is 4.79 Å². The van der Waals surface area contributed by atoms with Gasteiger partial charge in [0, 0.05) is 7.05 Å². The highest BCUT2D eigenvalue weighted by atomic mass is 16.5. The predicted octanol–water partition coefficient (Wildman–Crippen LogP) is 4.27. The number of rotatable bonds is 4. The second-order valence-electron chi connectivity index (χ2n) is 6.57. The van der Waals surface area contributed by atoms with Gasteiger partial charge in [-0.2, -0.15) is 0 Å². The fourth-order valence-corrected chi connectivity index (χ4v) is 3.26. The maximum Gasteiger partial charge on any atom is 0.437 e. The summed E-state index contributed by atoms with van der Waals surface area (Å²) in [6.07, 6.45) is -0.600. The molecule has 0 fully saturated rings. The minimum absolute atomic E-state index is 0.200. The van der Waals surface area contributed by atoms with E-state index in [0.29, 0.717) is 12.2 Å². The van der Waals surface area contributed by atoms with Crippen LogP contribution in [0.15, 0.2) is 89.9 Å². The van der Waals surface area contributed by atoms with Crippen molar-refractivity contribution in [3.63, 3.8) is 0 Å². The Labute approximate surface area is 163 Å². The van der Waals surface area contributed by atoms with Gasteiger partial charge < -0.3 is 13.9 Å². The van der Waals surface area contributed by atoms with E-state index in [4.69, 9.17) is 4.74 Å². The second kappa shape index (κ2) is 7.96. The lowest BCUT2D eigenvalue weighted by Crippen LogP contribution is -2.26. The fourth-order valence-electron chi connectivity index (χ4n) is 3.26. The van der Waals surface area contributed by atoms with Gasteiger partial charge in [-0.15, -0.1) is 4.99 Å². The van der Waals surface area contributed by atoms with E-state index in [9.17, 15) is 4.79 Å². The zero-order valence-corrected chi connectivity index (χ0v) is 15.7. The second-order valence-corrected chi connectivity index (χ2v) is 6.57. The maximum atomic E-state index is 12.4. The molecule has 0 aliphatic rings. The van der Waals surface area contributed by atoms with Crippen LogP contribution in [0.2, 0.25) is 0 Å². The minimum atomic E-state index is -0.600. The number of hydrogen-bond donors (Lipinski definition) is 0. The summed E-state index contributed by atoms with van der Waals surface area (Å²) < 4.78 is 9.31. The van der Waals surface area contributed by atoms with Crippen LogP contribution in [0, 0.1) is 0 Å². The van der Waals surface area contributed by atoms with Gasteiger partial charge in [0.25, 0.3) is 0 Å². The molecule has 0 unspecified atom stereocenters. The molecule has 0 spiro atoms. The molecule has 1 amide bonds. The molecule has 28 heavy (non-hydrogen) atoms. The number of benzene rings is 3. The standard InChI is InChI=1S/C23H21N3O2/c1-25-20-14-8-9-15-21(20)26(16-18-10-4-2-5-11-18)22(25)24-23(27)28-17-19-12-6-3-7-13-19/h2-15H,16-17H2,1H3/b24-22-. The molecule has 1 heterocycles. The highest BCUT2D eigenvalue weighted by Gasteiger charge is 2.11. The average Bonchev–Trinajstić information content (AvgIpc) is 3.00. The summed E-state index contributed by atoms with van der Waals surface area (Å²) >= 11 is 0. The molecule has 5 heteroatoms. The normalized spacial score (nSPS) is 11.7. The summed E-state index contributed by atoms with van der Waals surface area (Å²) in [5.41, 5.74) is 4.65. The Balaban J connectivity index is 1.70. The summed E-state index contributed by atoms with van der Waals surface area (Å²) in [6, 6.07) is 27.7. The highest BCUT2D eigenvalue weighted by Crippen LogP contribution is 2.14. The Morgan fingerprint density at radius 1 is 0.821 bits per heavy atom. The number of imidazole rings is 1. The van der Waals surface area contributed by atoms with E-state index in [2.05, 4.69) is 17.1 Å². The number of ether oxygens (including phenoxy) is 1. The first-order chi connectivity index (χ1) is 13.7. The molecule has 0 atom stereocenters. The van der Waals surface area contributed by atoms with Crippen LogP contribution in [0.1, 0.15) is 11.1 Å². The van der Waals surface area contributed by atoms with Crippen molar-refractivity contribution < 1.29 is 9.53 Å². The lowest BCUT2D eigenvalue weighted by Gasteiger charge is -2.06. The third-order valence-corrected chi connectivity index (χ3v) is 4.66. The van der Waals surface area contributed by atoms with Crippen LogP contribution >= 0.6 is 0 Å². The van der Waals surface area contributed by atoms with E-state index in [-0.39, 0.29) is 6.61 Å². The van der Waals surface area contributed by atoms with Crippen LogP contribution in [-0.2, 0) is 24.9 Å². The van der Waals surface area contributed by atoms with Gasteiger partial charge in [0.05, 0.1) is 17.6 Å². The highest BCUT2D eigenvalue weighted by molar-refractivity contribution is 5.76. The van der Waals surface area contributed by atoms with Crippen molar-refractivity contribution in [2.75, 3.05) is 0 Å². The molecule has 0 N–H and O–H groups in total. The molecule has 3 aromatic carbocycles. The maximum absolute atomic E-state index is 12.4. The average molecular weight is 371 g/mol. The van der Waals surface area contributed by atoms with Crippen molar-refractivity contribution in [2.45, 2.75) is 13.2 Å². The first kappa shape index (κ1) is 17.8. The quantitative estimate of drug-likeness (QED) is 0.538. The van der Waals surface area contributed by atoms with Crippen molar-refractivity contribution in [3.05, 3.63) is 102 Å². The Morgan fingerprint density at radius 3 is 2.07 bits per heavy atom. The van der Waals surface area contributed by atoms with E-state index in [1.807, 2.05) is 89.0 Å². The lowest BCUT2D eigenvalue weighted by molar-refractivity contribution is 0.149. The molecule has 0 radical (unpaired) electrons. The van der Waals surface area contributed by atoms with Crippen LogP contribution in [0.5, 0.6) is 0 Å². The first-order valence-electron chi connectivity index (χ1n) is 9.16. The monoisotopic (exact) mass is 371 g/mol. The molecule has 4 rings (SSSR count). The summed E-state index contributed by atoms with van der Waals surface area (Å²) in [5, 5.41) is 0. The van der Waals surface area contributed by atoms with E-state index in [0.717, 1.165) is 22.2 Å². The van der Waals surface area contributed by atoms with Crippen molar-refractivity contribution in [3.8, 4) is 0 Å². The number of aryl methyl sites for hydroxylation is 1. The van der Waals surface area contributed by atoms with E-state index in [1.54, 1.807) is 0 Å². The zero-order chi connectivity index (χ0) is 19.3. The number of nitrogens with zero attached hydrogens (tertiary/aromatic N) is 3. The largest absolute Gasteiger partial charge is 0.443 e. The van der Waals surface area contributed by atoms with E-state index < -0.39 is 6.09 Å². The Kier molecular flexibility index (Phi) is 5.06. The summed E-state index contributed by atoms with van der Waals surface area (Å²) in [5.74, 6) is 0. The Bertz CT molecular complexity index is 1160. The number of para-hydroxylation sites is 2. The molecule has 0 saturated carbocycles. The number of carbonyl (C=O) groups excluding carboxylic acids is 1. The van der Waals surface area contributed by atoms with Gasteiger partial charge in [-0.25, -0.2) is 4.79 Å². The van der Waals surface area contributed by atoms with Crippen LogP contribution < -0.4 is 5.62 Å². The van der Waals surface area contributed by atoms with Gasteiger partial charge in [0.2, 0.25) is 5.62 Å².